The average molecular weight is 388 g/mol. The first kappa shape index (κ1) is 18.8. The monoisotopic (exact) mass is 388 g/mol. The molecular formula is C23H21FN4O. The minimum Gasteiger partial charge on any atom is -0.476 e. The molecule has 0 saturated heterocycles. The molecule has 0 aliphatic heterocycles. The van der Waals surface area contributed by atoms with Gasteiger partial charge in [-0.05, 0) is 55.3 Å². The largest absolute Gasteiger partial charge is 0.476 e. The zero-order valence-electron chi connectivity index (χ0n) is 16.1. The molecule has 0 bridgehead atoms. The van der Waals surface area contributed by atoms with Gasteiger partial charge in [0.25, 0.3) is 0 Å². The highest BCUT2D eigenvalue weighted by molar-refractivity contribution is 5.83. The maximum absolute atomic E-state index is 13.2. The Bertz CT molecular complexity index is 1100. The molecule has 2 aromatic heterocycles. The molecule has 5 nitrogen and oxygen atoms in total. The van der Waals surface area contributed by atoms with Crippen LogP contribution in [-0.2, 0) is 6.42 Å². The Morgan fingerprint density at radius 3 is 2.45 bits per heavy atom. The Morgan fingerprint density at radius 2 is 1.69 bits per heavy atom. The lowest BCUT2D eigenvalue weighted by molar-refractivity contribution is 0.330. The second-order valence-electron chi connectivity index (χ2n) is 6.52. The number of aromatic nitrogens is 3. The molecule has 0 aliphatic rings. The summed E-state index contributed by atoms with van der Waals surface area (Å²) in [7, 11) is 0. The maximum atomic E-state index is 13.2. The van der Waals surface area contributed by atoms with E-state index in [1.165, 1.54) is 17.7 Å². The minimum atomic E-state index is -0.279. The Labute approximate surface area is 168 Å². The number of hydrogen-bond donors (Lipinski definition) is 1. The van der Waals surface area contributed by atoms with Gasteiger partial charge in [-0.2, -0.15) is 4.98 Å². The molecule has 0 unspecified atom stereocenters. The highest BCUT2D eigenvalue weighted by atomic mass is 19.1. The third-order valence-electron chi connectivity index (χ3n) is 4.47. The highest BCUT2D eigenvalue weighted by Crippen LogP contribution is 2.26. The summed E-state index contributed by atoms with van der Waals surface area (Å²) < 4.78 is 18.9. The summed E-state index contributed by atoms with van der Waals surface area (Å²) in [5, 5.41) is 3.26. The molecule has 4 rings (SSSR count). The van der Waals surface area contributed by atoms with Gasteiger partial charge in [-0.15, -0.1) is 0 Å². The highest BCUT2D eigenvalue weighted by Gasteiger charge is 2.12. The van der Waals surface area contributed by atoms with Crippen LogP contribution in [0.25, 0.3) is 22.3 Å². The van der Waals surface area contributed by atoms with Crippen molar-refractivity contribution in [3.05, 3.63) is 78.1 Å². The molecule has 0 amide bonds. The van der Waals surface area contributed by atoms with Crippen LogP contribution in [0.5, 0.6) is 5.88 Å². The van der Waals surface area contributed by atoms with Crippen LogP contribution in [0.2, 0.25) is 0 Å². The van der Waals surface area contributed by atoms with Crippen LogP contribution in [0.3, 0.4) is 0 Å². The van der Waals surface area contributed by atoms with Crippen molar-refractivity contribution in [2.24, 2.45) is 0 Å². The standard InChI is InChI=1S/C23H21FN4O/c1-2-29-22-21-20(13-12-19(26-21)17-8-10-18(24)11-9-17)27-23(28-22)25-15-14-16-6-4-3-5-7-16/h3-13H,2,14-15H2,1H3,(H,25,27,28). The molecule has 2 aromatic carbocycles. The first-order chi connectivity index (χ1) is 14.2. The van der Waals surface area contributed by atoms with Gasteiger partial charge in [0, 0.05) is 12.1 Å². The summed E-state index contributed by atoms with van der Waals surface area (Å²) in [5.74, 6) is 0.663. The fraction of sp³-hybridized carbons (Fsp3) is 0.174. The first-order valence-electron chi connectivity index (χ1n) is 9.58. The van der Waals surface area contributed by atoms with Crippen molar-refractivity contribution < 1.29 is 9.13 Å². The predicted molar refractivity (Wildman–Crippen MR) is 113 cm³/mol. The van der Waals surface area contributed by atoms with Gasteiger partial charge in [0.05, 0.1) is 17.8 Å². The van der Waals surface area contributed by atoms with Crippen LogP contribution < -0.4 is 10.1 Å². The van der Waals surface area contributed by atoms with Crippen LogP contribution in [-0.4, -0.2) is 28.1 Å². The Balaban J connectivity index is 1.60. The number of nitrogens with one attached hydrogen (secondary N) is 1. The van der Waals surface area contributed by atoms with Crippen molar-refractivity contribution in [1.82, 2.24) is 15.0 Å². The van der Waals surface area contributed by atoms with Crippen LogP contribution in [0.1, 0.15) is 12.5 Å². The smallest absolute Gasteiger partial charge is 0.245 e. The molecule has 29 heavy (non-hydrogen) atoms. The molecule has 0 radical (unpaired) electrons. The number of rotatable bonds is 7. The summed E-state index contributed by atoms with van der Waals surface area (Å²) >= 11 is 0. The molecule has 1 N–H and O–H groups in total. The van der Waals surface area contributed by atoms with E-state index in [2.05, 4.69) is 32.4 Å². The summed E-state index contributed by atoms with van der Waals surface area (Å²) in [6.07, 6.45) is 0.869. The van der Waals surface area contributed by atoms with Gasteiger partial charge in [0.15, 0.2) is 5.52 Å². The summed E-state index contributed by atoms with van der Waals surface area (Å²) in [6, 6.07) is 20.2. The van der Waals surface area contributed by atoms with Crippen molar-refractivity contribution in [2.45, 2.75) is 13.3 Å². The van der Waals surface area contributed by atoms with Gasteiger partial charge >= 0.3 is 0 Å². The molecule has 0 spiro atoms. The van der Waals surface area contributed by atoms with Crippen LogP contribution in [0, 0.1) is 5.82 Å². The molecule has 6 heteroatoms. The number of anilines is 1. The van der Waals surface area contributed by atoms with Crippen LogP contribution in [0.4, 0.5) is 10.3 Å². The molecule has 2 heterocycles. The molecule has 0 aliphatic carbocycles. The van der Waals surface area contributed by atoms with Crippen molar-refractivity contribution >= 4 is 17.0 Å². The molecule has 0 atom stereocenters. The van der Waals surface area contributed by atoms with Crippen molar-refractivity contribution in [3.8, 4) is 17.1 Å². The summed E-state index contributed by atoms with van der Waals surface area (Å²) in [4.78, 5) is 13.7. The van der Waals surface area contributed by atoms with Gasteiger partial charge < -0.3 is 10.1 Å². The number of pyridine rings is 1. The normalized spacial score (nSPS) is 10.8. The first-order valence-corrected chi connectivity index (χ1v) is 9.58. The number of ether oxygens (including phenoxy) is 1. The minimum absolute atomic E-state index is 0.279. The predicted octanol–water partition coefficient (Wildman–Crippen LogP) is 4.88. The zero-order valence-corrected chi connectivity index (χ0v) is 16.1. The summed E-state index contributed by atoms with van der Waals surface area (Å²) in [5.41, 5.74) is 4.06. The second-order valence-corrected chi connectivity index (χ2v) is 6.52. The van der Waals surface area contributed by atoms with Gasteiger partial charge in [0.2, 0.25) is 11.8 Å². The molecule has 4 aromatic rings. The van der Waals surface area contributed by atoms with E-state index in [1.807, 2.05) is 37.3 Å². The van der Waals surface area contributed by atoms with Gasteiger partial charge in [-0.25, -0.2) is 14.4 Å². The van der Waals surface area contributed by atoms with E-state index in [0.29, 0.717) is 41.7 Å². The van der Waals surface area contributed by atoms with E-state index < -0.39 is 0 Å². The molecule has 0 saturated carbocycles. The Hall–Kier alpha value is -3.54. The fourth-order valence-electron chi connectivity index (χ4n) is 3.05. The summed E-state index contributed by atoms with van der Waals surface area (Å²) in [6.45, 7) is 3.08. The van der Waals surface area contributed by atoms with E-state index in [1.54, 1.807) is 12.1 Å². The topological polar surface area (TPSA) is 59.9 Å². The van der Waals surface area contributed by atoms with Crippen molar-refractivity contribution in [3.63, 3.8) is 0 Å². The van der Waals surface area contributed by atoms with Crippen LogP contribution in [0.15, 0.2) is 66.7 Å². The third kappa shape index (κ3) is 4.48. The second kappa shape index (κ2) is 8.65. The van der Waals surface area contributed by atoms with E-state index >= 15 is 0 Å². The lowest BCUT2D eigenvalue weighted by atomic mass is 10.1. The number of benzene rings is 2. The molecule has 146 valence electrons. The van der Waals surface area contributed by atoms with E-state index in [4.69, 9.17) is 4.74 Å². The Kier molecular flexibility index (Phi) is 5.61. The van der Waals surface area contributed by atoms with Crippen molar-refractivity contribution in [1.29, 1.82) is 0 Å². The lowest BCUT2D eigenvalue weighted by Crippen LogP contribution is -2.09. The number of halogens is 1. The SMILES string of the molecule is CCOc1nc(NCCc2ccccc2)nc2ccc(-c3ccc(F)cc3)nc12. The molecular weight excluding hydrogens is 367 g/mol. The number of hydrogen-bond acceptors (Lipinski definition) is 5. The third-order valence-corrected chi connectivity index (χ3v) is 4.47. The van der Waals surface area contributed by atoms with Crippen LogP contribution >= 0.6 is 0 Å². The van der Waals surface area contributed by atoms with E-state index in [9.17, 15) is 4.39 Å². The number of fused-ring (bicyclic) bond motifs is 1. The molecule has 0 fully saturated rings. The number of nitrogens with zero attached hydrogens (tertiary/aromatic N) is 3. The van der Waals surface area contributed by atoms with E-state index in [-0.39, 0.29) is 5.82 Å². The van der Waals surface area contributed by atoms with Gasteiger partial charge in [-0.1, -0.05) is 30.3 Å². The maximum Gasteiger partial charge on any atom is 0.245 e. The van der Waals surface area contributed by atoms with E-state index in [0.717, 1.165) is 12.0 Å². The lowest BCUT2D eigenvalue weighted by Gasteiger charge is -2.11. The quantitative estimate of drug-likeness (QED) is 0.489. The van der Waals surface area contributed by atoms with Gasteiger partial charge in [-0.3, -0.25) is 0 Å². The zero-order chi connectivity index (χ0) is 20.1. The fourth-order valence-corrected chi connectivity index (χ4v) is 3.05. The van der Waals surface area contributed by atoms with Crippen molar-refractivity contribution in [2.75, 3.05) is 18.5 Å². The van der Waals surface area contributed by atoms with Gasteiger partial charge in [0.1, 0.15) is 5.82 Å². The Morgan fingerprint density at radius 1 is 0.897 bits per heavy atom. The average Bonchev–Trinajstić information content (AvgIpc) is 2.75.